The molecule has 112 valence electrons. The van der Waals surface area contributed by atoms with Crippen LogP contribution in [0.3, 0.4) is 0 Å². The molecule has 2 rings (SSSR count). The number of nitrogens with two attached hydrogens (primary N) is 1. The molecule has 1 aromatic carbocycles. The topological polar surface area (TPSA) is 38.5 Å². The Hall–Kier alpha value is -1.13. The molecule has 3 nitrogen and oxygen atoms in total. The van der Waals surface area contributed by atoms with Crippen molar-refractivity contribution in [1.82, 2.24) is 4.90 Å². The summed E-state index contributed by atoms with van der Waals surface area (Å²) in [6, 6.07) is 5.88. The summed E-state index contributed by atoms with van der Waals surface area (Å²) in [4.78, 5) is 2.33. The van der Waals surface area contributed by atoms with Crippen LogP contribution < -0.4 is 10.5 Å². The second kappa shape index (κ2) is 7.60. The van der Waals surface area contributed by atoms with E-state index in [1.54, 1.807) is 6.07 Å². The fraction of sp³-hybridized carbons (Fsp3) is 0.625. The summed E-state index contributed by atoms with van der Waals surface area (Å²) in [5.41, 5.74) is 6.42. The molecule has 0 aromatic heterocycles. The molecule has 0 spiro atoms. The Morgan fingerprint density at radius 1 is 1.30 bits per heavy atom. The molecule has 1 aromatic rings. The molecule has 0 saturated heterocycles. The van der Waals surface area contributed by atoms with Crippen LogP contribution in [0.1, 0.15) is 37.7 Å². The predicted octanol–water partition coefficient (Wildman–Crippen LogP) is 2.93. The Bertz CT molecular complexity index is 419. The first-order valence-electron chi connectivity index (χ1n) is 7.51. The van der Waals surface area contributed by atoms with Crippen LogP contribution in [0.5, 0.6) is 5.75 Å². The number of methoxy groups -OCH3 is 1. The van der Waals surface area contributed by atoms with Gasteiger partial charge in [0.1, 0.15) is 0 Å². The minimum atomic E-state index is -0.243. The maximum atomic E-state index is 14.3. The lowest BCUT2D eigenvalue weighted by Crippen LogP contribution is -2.39. The van der Waals surface area contributed by atoms with Gasteiger partial charge in [-0.25, -0.2) is 4.39 Å². The molecule has 0 aliphatic heterocycles. The van der Waals surface area contributed by atoms with Crippen molar-refractivity contribution >= 4 is 0 Å². The van der Waals surface area contributed by atoms with E-state index < -0.39 is 0 Å². The van der Waals surface area contributed by atoms with Gasteiger partial charge in [-0.3, -0.25) is 4.90 Å². The monoisotopic (exact) mass is 280 g/mol. The number of rotatable bonds is 6. The van der Waals surface area contributed by atoms with Gasteiger partial charge in [0.15, 0.2) is 11.6 Å². The van der Waals surface area contributed by atoms with E-state index in [4.69, 9.17) is 10.5 Å². The molecule has 0 amide bonds. The fourth-order valence-electron chi connectivity index (χ4n) is 3.06. The van der Waals surface area contributed by atoms with Gasteiger partial charge in [0.05, 0.1) is 7.11 Å². The zero-order chi connectivity index (χ0) is 14.4. The van der Waals surface area contributed by atoms with Crippen molar-refractivity contribution < 1.29 is 9.13 Å². The third-order valence-corrected chi connectivity index (χ3v) is 4.14. The van der Waals surface area contributed by atoms with E-state index in [1.165, 1.54) is 39.2 Å². The van der Waals surface area contributed by atoms with E-state index in [2.05, 4.69) is 4.90 Å². The Labute approximate surface area is 120 Å². The van der Waals surface area contributed by atoms with E-state index in [1.807, 2.05) is 12.1 Å². The molecule has 1 saturated carbocycles. The van der Waals surface area contributed by atoms with Gasteiger partial charge in [-0.1, -0.05) is 31.4 Å². The van der Waals surface area contributed by atoms with E-state index in [-0.39, 0.29) is 5.82 Å². The number of benzene rings is 1. The maximum Gasteiger partial charge on any atom is 0.169 e. The van der Waals surface area contributed by atoms with Crippen molar-refractivity contribution in [3.05, 3.63) is 29.6 Å². The van der Waals surface area contributed by atoms with Crippen LogP contribution in [-0.4, -0.2) is 31.1 Å². The molecule has 4 heteroatoms. The van der Waals surface area contributed by atoms with Crippen LogP contribution in [0.2, 0.25) is 0 Å². The molecule has 0 radical (unpaired) electrons. The molecule has 1 aliphatic rings. The highest BCUT2D eigenvalue weighted by Gasteiger charge is 2.22. The van der Waals surface area contributed by atoms with Gasteiger partial charge in [-0.15, -0.1) is 0 Å². The molecule has 0 unspecified atom stereocenters. The van der Waals surface area contributed by atoms with Gasteiger partial charge < -0.3 is 10.5 Å². The molecule has 0 heterocycles. The summed E-state index contributed by atoms with van der Waals surface area (Å²) in [6.07, 6.45) is 6.26. The van der Waals surface area contributed by atoms with Crippen molar-refractivity contribution in [3.8, 4) is 5.75 Å². The quantitative estimate of drug-likeness (QED) is 0.870. The van der Waals surface area contributed by atoms with Gasteiger partial charge in [0.2, 0.25) is 0 Å². The molecule has 1 aliphatic carbocycles. The first-order valence-corrected chi connectivity index (χ1v) is 7.51. The summed E-state index contributed by atoms with van der Waals surface area (Å²) in [7, 11) is 1.50. The molecular formula is C16H25FN2O. The first-order chi connectivity index (χ1) is 9.76. The minimum absolute atomic E-state index is 0.243. The summed E-state index contributed by atoms with van der Waals surface area (Å²) in [5.74, 6) is 0.0756. The van der Waals surface area contributed by atoms with Crippen molar-refractivity contribution in [3.63, 3.8) is 0 Å². The highest BCUT2D eigenvalue weighted by molar-refractivity contribution is 5.31. The largest absolute Gasteiger partial charge is 0.494 e. The lowest BCUT2D eigenvalue weighted by Gasteiger charge is -2.34. The average Bonchev–Trinajstić information content (AvgIpc) is 2.49. The van der Waals surface area contributed by atoms with Crippen LogP contribution in [0.4, 0.5) is 4.39 Å². The zero-order valence-corrected chi connectivity index (χ0v) is 12.3. The maximum absolute atomic E-state index is 14.3. The molecule has 20 heavy (non-hydrogen) atoms. The van der Waals surface area contributed by atoms with Crippen molar-refractivity contribution in [2.24, 2.45) is 5.73 Å². The number of halogens is 1. The van der Waals surface area contributed by atoms with E-state index in [0.717, 1.165) is 6.54 Å². The molecule has 1 fully saturated rings. The van der Waals surface area contributed by atoms with Gasteiger partial charge in [-0.05, 0) is 18.9 Å². The second-order valence-electron chi connectivity index (χ2n) is 5.48. The van der Waals surface area contributed by atoms with Crippen molar-refractivity contribution in [2.45, 2.75) is 44.7 Å². The van der Waals surface area contributed by atoms with Crippen LogP contribution in [0, 0.1) is 5.82 Å². The summed E-state index contributed by atoms with van der Waals surface area (Å²) in [5, 5.41) is 0. The molecular weight excluding hydrogens is 255 g/mol. The summed E-state index contributed by atoms with van der Waals surface area (Å²) >= 11 is 0. The number of nitrogens with zero attached hydrogens (tertiary/aromatic N) is 1. The SMILES string of the molecule is COc1cccc(CN(CCN)C2CCCCC2)c1F. The third kappa shape index (κ3) is 3.70. The molecule has 2 N–H and O–H groups in total. The van der Waals surface area contributed by atoms with Gasteiger partial charge in [0, 0.05) is 31.2 Å². The highest BCUT2D eigenvalue weighted by Crippen LogP contribution is 2.26. The smallest absolute Gasteiger partial charge is 0.169 e. The standard InChI is InChI=1S/C16H25FN2O/c1-20-15-9-5-6-13(16(15)17)12-19(11-10-18)14-7-3-2-4-8-14/h5-6,9,14H,2-4,7-8,10-12,18H2,1H3. The normalized spacial score (nSPS) is 16.6. The number of hydrogen-bond acceptors (Lipinski definition) is 3. The number of ether oxygens (including phenoxy) is 1. The van der Waals surface area contributed by atoms with Crippen LogP contribution in [-0.2, 0) is 6.54 Å². The Morgan fingerprint density at radius 3 is 2.70 bits per heavy atom. The Kier molecular flexibility index (Phi) is 5.80. The predicted molar refractivity (Wildman–Crippen MR) is 79.3 cm³/mol. The summed E-state index contributed by atoms with van der Waals surface area (Å²) < 4.78 is 19.3. The Balaban J connectivity index is 2.10. The van der Waals surface area contributed by atoms with Crippen LogP contribution >= 0.6 is 0 Å². The fourth-order valence-corrected chi connectivity index (χ4v) is 3.06. The van der Waals surface area contributed by atoms with Crippen LogP contribution in [0.15, 0.2) is 18.2 Å². The average molecular weight is 280 g/mol. The van der Waals surface area contributed by atoms with Gasteiger partial charge >= 0.3 is 0 Å². The third-order valence-electron chi connectivity index (χ3n) is 4.14. The van der Waals surface area contributed by atoms with Crippen molar-refractivity contribution in [2.75, 3.05) is 20.2 Å². The number of hydrogen-bond donors (Lipinski definition) is 1. The van der Waals surface area contributed by atoms with E-state index >= 15 is 0 Å². The molecule has 0 bridgehead atoms. The molecule has 0 atom stereocenters. The summed E-state index contributed by atoms with van der Waals surface area (Å²) in [6.45, 7) is 2.05. The lowest BCUT2D eigenvalue weighted by atomic mass is 9.93. The van der Waals surface area contributed by atoms with E-state index in [9.17, 15) is 4.39 Å². The lowest BCUT2D eigenvalue weighted by molar-refractivity contribution is 0.150. The van der Waals surface area contributed by atoms with E-state index in [0.29, 0.717) is 30.4 Å². The van der Waals surface area contributed by atoms with Gasteiger partial charge in [0.25, 0.3) is 0 Å². The van der Waals surface area contributed by atoms with Gasteiger partial charge in [-0.2, -0.15) is 0 Å². The Morgan fingerprint density at radius 2 is 2.05 bits per heavy atom. The zero-order valence-electron chi connectivity index (χ0n) is 12.3. The second-order valence-corrected chi connectivity index (χ2v) is 5.48. The first kappa shape index (κ1) is 15.3. The van der Waals surface area contributed by atoms with Crippen molar-refractivity contribution in [1.29, 1.82) is 0 Å². The minimum Gasteiger partial charge on any atom is -0.494 e. The van der Waals surface area contributed by atoms with Crippen LogP contribution in [0.25, 0.3) is 0 Å². The highest BCUT2D eigenvalue weighted by atomic mass is 19.1.